The van der Waals surface area contributed by atoms with Crippen molar-refractivity contribution in [3.8, 4) is 11.5 Å². The number of aryl methyl sites for hydroxylation is 1. The van der Waals surface area contributed by atoms with Crippen LogP contribution in [0, 0.1) is 12.7 Å². The summed E-state index contributed by atoms with van der Waals surface area (Å²) in [6.45, 7) is 1.87. The monoisotopic (exact) mass is 514 g/mol. The van der Waals surface area contributed by atoms with Crippen LogP contribution in [-0.4, -0.2) is 35.5 Å². The molecule has 6 nitrogen and oxygen atoms in total. The van der Waals surface area contributed by atoms with Crippen LogP contribution < -0.4 is 14.8 Å². The van der Waals surface area contributed by atoms with Crippen molar-refractivity contribution in [1.82, 2.24) is 4.98 Å². The normalized spacial score (nSPS) is 12.9. The molecule has 0 fully saturated rings. The van der Waals surface area contributed by atoms with E-state index < -0.39 is 22.7 Å². The van der Waals surface area contributed by atoms with Gasteiger partial charge in [-0.05, 0) is 42.8 Å². The first-order chi connectivity index (χ1) is 16.7. The van der Waals surface area contributed by atoms with Crippen molar-refractivity contribution >= 4 is 44.8 Å². The second kappa shape index (κ2) is 10.1. The van der Waals surface area contributed by atoms with Gasteiger partial charge in [-0.25, -0.2) is 4.39 Å². The van der Waals surface area contributed by atoms with E-state index in [9.17, 15) is 13.4 Å². The van der Waals surface area contributed by atoms with Crippen molar-refractivity contribution in [2.45, 2.75) is 17.9 Å². The number of aromatic nitrogens is 1. The Labute approximate surface area is 209 Å². The van der Waals surface area contributed by atoms with Crippen LogP contribution in [0.15, 0.2) is 59.6 Å². The van der Waals surface area contributed by atoms with E-state index in [0.717, 1.165) is 11.1 Å². The molecule has 35 heavy (non-hydrogen) atoms. The Morgan fingerprint density at radius 3 is 2.57 bits per heavy atom. The highest BCUT2D eigenvalue weighted by molar-refractivity contribution is 7.84. The first kappa shape index (κ1) is 24.8. The van der Waals surface area contributed by atoms with E-state index in [1.807, 2.05) is 6.92 Å². The molecule has 1 aromatic heterocycles. The number of H-pyrrole nitrogens is 1. The van der Waals surface area contributed by atoms with E-state index in [1.165, 1.54) is 32.4 Å². The first-order valence-electron chi connectivity index (χ1n) is 10.7. The van der Waals surface area contributed by atoms with Gasteiger partial charge in [-0.1, -0.05) is 17.7 Å². The van der Waals surface area contributed by atoms with Gasteiger partial charge in [0.2, 0.25) is 0 Å². The number of Topliss-reactive ketones (excluding diaryl/α,β-unsaturated/α-hetero) is 1. The number of rotatable bonds is 8. The van der Waals surface area contributed by atoms with Crippen LogP contribution in [0.4, 0.5) is 10.1 Å². The number of ketones is 1. The zero-order valence-corrected chi connectivity index (χ0v) is 21.1. The molecule has 2 unspecified atom stereocenters. The lowest BCUT2D eigenvalue weighted by Gasteiger charge is -2.22. The van der Waals surface area contributed by atoms with Crippen molar-refractivity contribution in [2.75, 3.05) is 25.8 Å². The van der Waals surface area contributed by atoms with Crippen molar-refractivity contribution in [1.29, 1.82) is 0 Å². The zero-order valence-electron chi connectivity index (χ0n) is 19.6. The Balaban J connectivity index is 1.87. The van der Waals surface area contributed by atoms with Crippen molar-refractivity contribution in [3.63, 3.8) is 0 Å². The highest BCUT2D eigenvalue weighted by atomic mass is 35.5. The lowest BCUT2D eigenvalue weighted by Crippen LogP contribution is -2.22. The number of aromatic amines is 1. The number of benzene rings is 3. The lowest BCUT2D eigenvalue weighted by molar-refractivity contribution is 0.0970. The second-order valence-electron chi connectivity index (χ2n) is 7.98. The van der Waals surface area contributed by atoms with Gasteiger partial charge >= 0.3 is 0 Å². The number of carbonyl (C=O) groups is 1. The van der Waals surface area contributed by atoms with Crippen molar-refractivity contribution in [3.05, 3.63) is 82.3 Å². The molecule has 182 valence electrons. The molecular weight excluding hydrogens is 491 g/mol. The van der Waals surface area contributed by atoms with Crippen LogP contribution in [-0.2, 0) is 10.8 Å². The smallest absolute Gasteiger partial charge is 0.191 e. The number of anilines is 1. The SMILES string of the molecule is COc1cc(NC(C(=O)c2c[nH]c3c(C)c(Cl)ccc23)c2ccc(F)cc2OC)cc(S(C)=O)c1. The summed E-state index contributed by atoms with van der Waals surface area (Å²) in [5, 5.41) is 4.53. The van der Waals surface area contributed by atoms with Crippen molar-refractivity contribution in [2.24, 2.45) is 0 Å². The van der Waals surface area contributed by atoms with E-state index in [-0.39, 0.29) is 11.5 Å². The molecule has 0 aliphatic heterocycles. The molecular formula is C26H24ClFN2O4S. The van der Waals surface area contributed by atoms with Crippen LogP contribution in [0.3, 0.4) is 0 Å². The number of methoxy groups -OCH3 is 2. The third-order valence-corrected chi connectivity index (χ3v) is 7.15. The fraction of sp³-hybridized carbons (Fsp3) is 0.192. The first-order valence-corrected chi connectivity index (χ1v) is 12.6. The summed E-state index contributed by atoms with van der Waals surface area (Å²) in [5.74, 6) is -0.0592. The zero-order chi connectivity index (χ0) is 25.3. The predicted molar refractivity (Wildman–Crippen MR) is 137 cm³/mol. The molecule has 0 aliphatic rings. The van der Waals surface area contributed by atoms with Gasteiger partial charge in [0.05, 0.1) is 19.7 Å². The lowest BCUT2D eigenvalue weighted by atomic mass is 9.95. The Morgan fingerprint density at radius 1 is 1.11 bits per heavy atom. The number of hydrogen-bond acceptors (Lipinski definition) is 5. The summed E-state index contributed by atoms with van der Waals surface area (Å²) in [6, 6.07) is 11.7. The van der Waals surface area contributed by atoms with Crippen molar-refractivity contribution < 1.29 is 22.9 Å². The maximum atomic E-state index is 14.0. The summed E-state index contributed by atoms with van der Waals surface area (Å²) in [4.78, 5) is 17.7. The molecule has 0 amide bonds. The molecule has 2 N–H and O–H groups in total. The fourth-order valence-electron chi connectivity index (χ4n) is 3.99. The average molecular weight is 515 g/mol. The molecule has 0 spiro atoms. The fourth-order valence-corrected chi connectivity index (χ4v) is 4.72. The van der Waals surface area contributed by atoms with E-state index >= 15 is 0 Å². The maximum absolute atomic E-state index is 14.0. The van der Waals surface area contributed by atoms with Gasteiger partial charge in [-0.3, -0.25) is 9.00 Å². The Bertz CT molecular complexity index is 1450. The third-order valence-electron chi connectivity index (χ3n) is 5.84. The van der Waals surface area contributed by atoms with Crippen LogP contribution in [0.25, 0.3) is 10.9 Å². The third kappa shape index (κ3) is 4.90. The molecule has 0 bridgehead atoms. The summed E-state index contributed by atoms with van der Waals surface area (Å²) >= 11 is 6.26. The summed E-state index contributed by atoms with van der Waals surface area (Å²) < 4.78 is 36.9. The van der Waals surface area contributed by atoms with Crippen LogP contribution in [0.5, 0.6) is 11.5 Å². The van der Waals surface area contributed by atoms with Crippen LogP contribution in [0.1, 0.15) is 27.5 Å². The van der Waals surface area contributed by atoms with Gasteiger partial charge in [0, 0.05) is 67.5 Å². The standard InChI is InChI=1S/C26H24ClFN2O4S/c1-14-22(27)8-7-19-21(13-29-24(14)19)26(31)25(20-6-5-15(28)9-23(20)34-3)30-16-10-17(33-2)12-18(11-16)35(4)32/h5-13,25,29-30H,1-4H3. The maximum Gasteiger partial charge on any atom is 0.191 e. The van der Waals surface area contributed by atoms with Gasteiger partial charge in [0.15, 0.2) is 5.78 Å². The number of nitrogens with one attached hydrogen (secondary N) is 2. The summed E-state index contributed by atoms with van der Waals surface area (Å²) in [5.41, 5.74) is 2.98. The predicted octanol–water partition coefficient (Wildman–Crippen LogP) is 6.06. The van der Waals surface area contributed by atoms with E-state index in [2.05, 4.69) is 10.3 Å². The highest BCUT2D eigenvalue weighted by Crippen LogP contribution is 2.35. The number of hydrogen-bond donors (Lipinski definition) is 2. The quantitative estimate of drug-likeness (QED) is 0.279. The van der Waals surface area contributed by atoms with Crippen LogP contribution >= 0.6 is 11.6 Å². The largest absolute Gasteiger partial charge is 0.497 e. The Morgan fingerprint density at radius 2 is 1.89 bits per heavy atom. The van der Waals surface area contributed by atoms with Gasteiger partial charge in [-0.15, -0.1) is 0 Å². The van der Waals surface area contributed by atoms with E-state index in [1.54, 1.807) is 42.8 Å². The number of carbonyl (C=O) groups excluding carboxylic acids is 1. The molecule has 3 aromatic carbocycles. The van der Waals surface area contributed by atoms with Gasteiger partial charge in [0.25, 0.3) is 0 Å². The highest BCUT2D eigenvalue weighted by Gasteiger charge is 2.28. The minimum atomic E-state index is -1.28. The van der Waals surface area contributed by atoms with Gasteiger partial charge in [-0.2, -0.15) is 0 Å². The molecule has 0 radical (unpaired) electrons. The summed E-state index contributed by atoms with van der Waals surface area (Å²) in [7, 11) is 1.64. The molecule has 1 heterocycles. The Hall–Kier alpha value is -3.36. The molecule has 4 aromatic rings. The molecule has 0 aliphatic carbocycles. The van der Waals surface area contributed by atoms with E-state index in [4.69, 9.17) is 21.1 Å². The second-order valence-corrected chi connectivity index (χ2v) is 9.76. The topological polar surface area (TPSA) is 80.4 Å². The number of ether oxygens (including phenoxy) is 2. The molecule has 0 saturated heterocycles. The number of fused-ring (bicyclic) bond motifs is 1. The molecule has 9 heteroatoms. The van der Waals surface area contributed by atoms with Crippen LogP contribution in [0.2, 0.25) is 5.02 Å². The molecule has 2 atom stereocenters. The molecule has 0 saturated carbocycles. The van der Waals surface area contributed by atoms with Gasteiger partial charge < -0.3 is 19.8 Å². The minimum absolute atomic E-state index is 0.220. The molecule has 4 rings (SSSR count). The van der Waals surface area contributed by atoms with E-state index in [0.29, 0.717) is 37.9 Å². The minimum Gasteiger partial charge on any atom is -0.497 e. The summed E-state index contributed by atoms with van der Waals surface area (Å²) in [6.07, 6.45) is 3.20. The average Bonchev–Trinajstić information content (AvgIpc) is 3.29. The van der Waals surface area contributed by atoms with Gasteiger partial charge in [0.1, 0.15) is 23.4 Å². The number of halogens is 2. The Kier molecular flexibility index (Phi) is 7.14.